The molecular formula is C17H13BrClN3O5S. The zero-order valence-electron chi connectivity index (χ0n) is 14.3. The molecule has 0 saturated carbocycles. The summed E-state index contributed by atoms with van der Waals surface area (Å²) in [4.78, 5) is 16.1. The van der Waals surface area contributed by atoms with Gasteiger partial charge in [0.05, 0.1) is 15.5 Å². The quantitative estimate of drug-likeness (QED) is 0.525. The minimum absolute atomic E-state index is 0.0503. The molecule has 0 atom stereocenters. The van der Waals surface area contributed by atoms with E-state index in [1.165, 1.54) is 12.1 Å². The molecule has 3 aromatic rings. The second kappa shape index (κ2) is 8.29. The topological polar surface area (TPSA) is 111 Å². The van der Waals surface area contributed by atoms with E-state index < -0.39 is 16.0 Å². The molecule has 2 aromatic carbocycles. The Bertz CT molecular complexity index is 1120. The fourth-order valence-electron chi connectivity index (χ4n) is 2.16. The zero-order chi connectivity index (χ0) is 20.3. The summed E-state index contributed by atoms with van der Waals surface area (Å²) in [5.74, 6) is -0.305. The molecule has 0 radical (unpaired) electrons. The Morgan fingerprint density at radius 1 is 1.25 bits per heavy atom. The predicted molar refractivity (Wildman–Crippen MR) is 105 cm³/mol. The molecule has 3 rings (SSSR count). The fourth-order valence-corrected chi connectivity index (χ4v) is 3.71. The summed E-state index contributed by atoms with van der Waals surface area (Å²) in [5.41, 5.74) is 0.269. The zero-order valence-corrected chi connectivity index (χ0v) is 17.5. The Labute approximate surface area is 174 Å². The van der Waals surface area contributed by atoms with Crippen LogP contribution < -0.4 is 4.72 Å². The van der Waals surface area contributed by atoms with Crippen LogP contribution >= 0.6 is 27.5 Å². The first kappa shape index (κ1) is 20.3. The van der Waals surface area contributed by atoms with Crippen molar-refractivity contribution in [1.29, 1.82) is 0 Å². The van der Waals surface area contributed by atoms with Crippen molar-refractivity contribution in [1.82, 2.24) is 10.1 Å². The van der Waals surface area contributed by atoms with Crippen LogP contribution in [0.5, 0.6) is 0 Å². The number of aryl methyl sites for hydroxylation is 1. The number of benzene rings is 2. The number of anilines is 1. The van der Waals surface area contributed by atoms with Gasteiger partial charge in [0.2, 0.25) is 0 Å². The highest BCUT2D eigenvalue weighted by molar-refractivity contribution is 9.10. The van der Waals surface area contributed by atoms with Gasteiger partial charge in [0, 0.05) is 10.2 Å². The van der Waals surface area contributed by atoms with Crippen LogP contribution in [0.4, 0.5) is 5.69 Å². The van der Waals surface area contributed by atoms with Crippen molar-refractivity contribution in [2.24, 2.45) is 0 Å². The summed E-state index contributed by atoms with van der Waals surface area (Å²) >= 11 is 9.31. The molecule has 146 valence electrons. The van der Waals surface area contributed by atoms with Gasteiger partial charge in [-0.3, -0.25) is 4.72 Å². The van der Waals surface area contributed by atoms with Crippen LogP contribution in [0.1, 0.15) is 22.1 Å². The maximum atomic E-state index is 12.6. The van der Waals surface area contributed by atoms with Crippen molar-refractivity contribution >= 4 is 49.2 Å². The third-order valence-corrected chi connectivity index (χ3v) is 5.70. The first-order chi connectivity index (χ1) is 13.2. The Hall–Kier alpha value is -2.43. The largest absolute Gasteiger partial charge is 0.452 e. The number of hydrogen-bond donors (Lipinski definition) is 1. The van der Waals surface area contributed by atoms with Gasteiger partial charge in [-0.05, 0) is 49.4 Å². The average molecular weight is 487 g/mol. The molecule has 0 amide bonds. The van der Waals surface area contributed by atoms with Crippen molar-refractivity contribution in [3.63, 3.8) is 0 Å². The summed E-state index contributed by atoms with van der Waals surface area (Å²) < 4.78 is 38.4. The summed E-state index contributed by atoms with van der Waals surface area (Å²) in [6, 6.07) is 10.3. The molecule has 0 spiro atoms. The molecule has 1 aromatic heterocycles. The van der Waals surface area contributed by atoms with E-state index in [1.807, 2.05) is 0 Å². The van der Waals surface area contributed by atoms with Gasteiger partial charge in [-0.25, -0.2) is 13.2 Å². The SMILES string of the molecule is Cc1noc(COC(=O)c2cc(S(=O)(=O)Nc3ccc(Br)cc3)ccc2Cl)n1. The monoisotopic (exact) mass is 485 g/mol. The van der Waals surface area contributed by atoms with Crippen molar-refractivity contribution in [3.05, 3.63) is 69.2 Å². The van der Waals surface area contributed by atoms with Crippen LogP contribution in [0.3, 0.4) is 0 Å². The molecule has 0 bridgehead atoms. The summed E-state index contributed by atoms with van der Waals surface area (Å²) in [5, 5.41) is 3.63. The van der Waals surface area contributed by atoms with Crippen LogP contribution in [0, 0.1) is 6.92 Å². The van der Waals surface area contributed by atoms with Gasteiger partial charge in [0.25, 0.3) is 15.9 Å². The summed E-state index contributed by atoms with van der Waals surface area (Å²) in [7, 11) is -3.94. The normalized spacial score (nSPS) is 11.2. The highest BCUT2D eigenvalue weighted by Gasteiger charge is 2.20. The number of hydrogen-bond acceptors (Lipinski definition) is 7. The third-order valence-electron chi connectivity index (χ3n) is 3.46. The Kier molecular flexibility index (Phi) is 6.01. The van der Waals surface area contributed by atoms with E-state index in [9.17, 15) is 13.2 Å². The van der Waals surface area contributed by atoms with Gasteiger partial charge in [-0.1, -0.05) is 32.7 Å². The van der Waals surface area contributed by atoms with Crippen molar-refractivity contribution in [3.8, 4) is 0 Å². The standard InChI is InChI=1S/C17H13BrClN3O5S/c1-10-20-16(27-21-10)9-26-17(23)14-8-13(6-7-15(14)19)28(24,25)22-12-4-2-11(18)3-5-12/h2-8,22H,9H2,1H3. The second-order valence-electron chi connectivity index (χ2n) is 5.57. The number of sulfonamides is 1. The number of halogens is 2. The predicted octanol–water partition coefficient (Wildman–Crippen LogP) is 3.95. The van der Waals surface area contributed by atoms with Crippen molar-refractivity contribution < 1.29 is 22.5 Å². The molecule has 1 heterocycles. The van der Waals surface area contributed by atoms with Gasteiger partial charge in [-0.2, -0.15) is 4.98 Å². The lowest BCUT2D eigenvalue weighted by Gasteiger charge is -2.10. The van der Waals surface area contributed by atoms with Gasteiger partial charge in [0.1, 0.15) is 0 Å². The van der Waals surface area contributed by atoms with E-state index >= 15 is 0 Å². The van der Waals surface area contributed by atoms with Crippen molar-refractivity contribution in [2.75, 3.05) is 4.72 Å². The van der Waals surface area contributed by atoms with E-state index in [4.69, 9.17) is 20.9 Å². The molecule has 11 heteroatoms. The number of carbonyl (C=O) groups is 1. The molecule has 0 aliphatic rings. The number of aromatic nitrogens is 2. The smallest absolute Gasteiger partial charge is 0.340 e. The van der Waals surface area contributed by atoms with Crippen LogP contribution in [-0.2, 0) is 21.4 Å². The highest BCUT2D eigenvalue weighted by atomic mass is 79.9. The van der Waals surface area contributed by atoms with E-state index in [-0.39, 0.29) is 28.0 Å². The minimum atomic E-state index is -3.94. The number of esters is 1. The number of ether oxygens (including phenoxy) is 1. The first-order valence-electron chi connectivity index (χ1n) is 7.79. The van der Waals surface area contributed by atoms with E-state index in [1.54, 1.807) is 31.2 Å². The lowest BCUT2D eigenvalue weighted by molar-refractivity contribution is 0.0429. The maximum Gasteiger partial charge on any atom is 0.340 e. The average Bonchev–Trinajstić information content (AvgIpc) is 3.07. The molecule has 0 aliphatic carbocycles. The van der Waals surface area contributed by atoms with Crippen LogP contribution in [0.15, 0.2) is 56.4 Å². The van der Waals surface area contributed by atoms with Crippen LogP contribution in [-0.4, -0.2) is 24.5 Å². The molecule has 28 heavy (non-hydrogen) atoms. The molecule has 8 nitrogen and oxygen atoms in total. The van der Waals surface area contributed by atoms with E-state index in [2.05, 4.69) is 30.8 Å². The summed E-state index contributed by atoms with van der Waals surface area (Å²) in [6.45, 7) is 1.36. The van der Waals surface area contributed by atoms with Gasteiger partial charge >= 0.3 is 5.97 Å². The Morgan fingerprint density at radius 3 is 2.61 bits per heavy atom. The maximum absolute atomic E-state index is 12.6. The fraction of sp³-hybridized carbons (Fsp3) is 0.118. The molecule has 0 fully saturated rings. The van der Waals surface area contributed by atoms with E-state index in [0.29, 0.717) is 11.5 Å². The second-order valence-corrected chi connectivity index (χ2v) is 8.57. The number of nitrogens with zero attached hydrogens (tertiary/aromatic N) is 2. The first-order valence-corrected chi connectivity index (χ1v) is 10.4. The molecule has 0 aliphatic heterocycles. The Morgan fingerprint density at radius 2 is 1.96 bits per heavy atom. The molecular weight excluding hydrogens is 474 g/mol. The number of carbonyl (C=O) groups excluding carboxylic acids is 1. The number of nitrogens with one attached hydrogen (secondary N) is 1. The van der Waals surface area contributed by atoms with Crippen molar-refractivity contribution in [2.45, 2.75) is 18.4 Å². The van der Waals surface area contributed by atoms with E-state index in [0.717, 1.165) is 10.5 Å². The lowest BCUT2D eigenvalue weighted by atomic mass is 10.2. The third kappa shape index (κ3) is 4.89. The van der Waals surface area contributed by atoms with Crippen LogP contribution in [0.2, 0.25) is 5.02 Å². The minimum Gasteiger partial charge on any atom is -0.452 e. The number of rotatable bonds is 6. The molecule has 1 N–H and O–H groups in total. The van der Waals surface area contributed by atoms with Gasteiger partial charge in [-0.15, -0.1) is 0 Å². The lowest BCUT2D eigenvalue weighted by Crippen LogP contribution is -2.14. The van der Waals surface area contributed by atoms with Crippen LogP contribution in [0.25, 0.3) is 0 Å². The summed E-state index contributed by atoms with van der Waals surface area (Å²) in [6.07, 6.45) is 0. The Balaban J connectivity index is 1.79. The molecule has 0 saturated heterocycles. The molecule has 0 unspecified atom stereocenters. The van der Waals surface area contributed by atoms with Gasteiger partial charge < -0.3 is 9.26 Å². The highest BCUT2D eigenvalue weighted by Crippen LogP contribution is 2.24. The van der Waals surface area contributed by atoms with Gasteiger partial charge in [0.15, 0.2) is 12.4 Å².